The fraction of sp³-hybridized carbons (Fsp3) is 0. The standard InChI is InChI=1S/C12H7ClF2N2O/c13-8-5-4-7(6-9(8)14)16-12(18)10-2-1-3-11(15)17-10/h1-6H,(H,16,18). The number of pyridine rings is 1. The zero-order chi connectivity index (χ0) is 13.1. The Balaban J connectivity index is 2.18. The smallest absolute Gasteiger partial charge is 0.274 e. The molecule has 0 fully saturated rings. The van der Waals surface area contributed by atoms with Crippen LogP contribution in [-0.2, 0) is 0 Å². The summed E-state index contributed by atoms with van der Waals surface area (Å²) in [4.78, 5) is 15.1. The lowest BCUT2D eigenvalue weighted by Crippen LogP contribution is -2.14. The molecule has 1 aromatic heterocycles. The molecule has 1 N–H and O–H groups in total. The third kappa shape index (κ3) is 2.81. The Labute approximate surface area is 106 Å². The molecular formula is C12H7ClF2N2O. The summed E-state index contributed by atoms with van der Waals surface area (Å²) in [5.74, 6) is -2.04. The molecule has 2 aromatic rings. The SMILES string of the molecule is O=C(Nc1ccc(Cl)c(F)c1)c1cccc(F)n1. The third-order valence-corrected chi connectivity index (χ3v) is 2.43. The van der Waals surface area contributed by atoms with Crippen molar-refractivity contribution in [1.29, 1.82) is 0 Å². The number of hydrogen-bond acceptors (Lipinski definition) is 2. The van der Waals surface area contributed by atoms with Crippen LogP contribution in [0.25, 0.3) is 0 Å². The molecule has 0 saturated heterocycles. The molecule has 92 valence electrons. The van der Waals surface area contributed by atoms with E-state index >= 15 is 0 Å². The lowest BCUT2D eigenvalue weighted by molar-refractivity contribution is 0.102. The number of amides is 1. The van der Waals surface area contributed by atoms with Crippen molar-refractivity contribution in [2.24, 2.45) is 0 Å². The number of benzene rings is 1. The van der Waals surface area contributed by atoms with Crippen LogP contribution >= 0.6 is 11.6 Å². The molecule has 18 heavy (non-hydrogen) atoms. The largest absolute Gasteiger partial charge is 0.321 e. The minimum Gasteiger partial charge on any atom is -0.321 e. The van der Waals surface area contributed by atoms with Gasteiger partial charge in [-0.05, 0) is 30.3 Å². The Hall–Kier alpha value is -2.01. The van der Waals surface area contributed by atoms with Crippen molar-refractivity contribution in [3.05, 3.63) is 58.9 Å². The van der Waals surface area contributed by atoms with Crippen molar-refractivity contribution < 1.29 is 13.6 Å². The Morgan fingerprint density at radius 2 is 2.00 bits per heavy atom. The van der Waals surface area contributed by atoms with Gasteiger partial charge < -0.3 is 5.32 Å². The van der Waals surface area contributed by atoms with Gasteiger partial charge in [0.25, 0.3) is 5.91 Å². The molecule has 0 bridgehead atoms. The number of hydrogen-bond donors (Lipinski definition) is 1. The quantitative estimate of drug-likeness (QED) is 0.850. The molecule has 6 heteroatoms. The van der Waals surface area contributed by atoms with Gasteiger partial charge in [0.1, 0.15) is 11.5 Å². The van der Waals surface area contributed by atoms with Gasteiger partial charge in [-0.2, -0.15) is 4.39 Å². The average molecular weight is 269 g/mol. The van der Waals surface area contributed by atoms with Gasteiger partial charge in [0, 0.05) is 5.69 Å². The summed E-state index contributed by atoms with van der Waals surface area (Å²) in [5, 5.41) is 2.34. The zero-order valence-corrected chi connectivity index (χ0v) is 9.71. The Morgan fingerprint density at radius 3 is 2.67 bits per heavy atom. The summed E-state index contributed by atoms with van der Waals surface area (Å²) in [5.41, 5.74) is 0.123. The molecule has 0 aliphatic rings. The molecular weight excluding hydrogens is 262 g/mol. The number of nitrogens with zero attached hydrogens (tertiary/aromatic N) is 1. The highest BCUT2D eigenvalue weighted by molar-refractivity contribution is 6.30. The van der Waals surface area contributed by atoms with Crippen LogP contribution in [0.15, 0.2) is 36.4 Å². The number of halogens is 3. The monoisotopic (exact) mass is 268 g/mol. The van der Waals surface area contributed by atoms with Crippen molar-refractivity contribution >= 4 is 23.2 Å². The predicted molar refractivity (Wildman–Crippen MR) is 63.6 cm³/mol. The van der Waals surface area contributed by atoms with Gasteiger partial charge in [0.2, 0.25) is 5.95 Å². The molecule has 3 nitrogen and oxygen atoms in total. The van der Waals surface area contributed by atoms with Crippen molar-refractivity contribution in [3.63, 3.8) is 0 Å². The topological polar surface area (TPSA) is 42.0 Å². The van der Waals surface area contributed by atoms with E-state index in [9.17, 15) is 13.6 Å². The molecule has 2 rings (SSSR count). The van der Waals surface area contributed by atoms with Crippen LogP contribution in [0.4, 0.5) is 14.5 Å². The van der Waals surface area contributed by atoms with Gasteiger partial charge in [-0.1, -0.05) is 17.7 Å². The molecule has 1 amide bonds. The number of carbonyl (C=O) groups excluding carboxylic acids is 1. The Kier molecular flexibility index (Phi) is 3.53. The van der Waals surface area contributed by atoms with Crippen molar-refractivity contribution in [2.75, 3.05) is 5.32 Å². The highest BCUT2D eigenvalue weighted by Gasteiger charge is 2.09. The van der Waals surface area contributed by atoms with Crippen LogP contribution in [-0.4, -0.2) is 10.9 Å². The van der Waals surface area contributed by atoms with Crippen molar-refractivity contribution in [3.8, 4) is 0 Å². The van der Waals surface area contributed by atoms with E-state index in [2.05, 4.69) is 10.3 Å². The number of rotatable bonds is 2. The maximum absolute atomic E-state index is 13.1. The van der Waals surface area contributed by atoms with Crippen LogP contribution in [0.1, 0.15) is 10.5 Å². The Morgan fingerprint density at radius 1 is 1.22 bits per heavy atom. The van der Waals surface area contributed by atoms with E-state index in [0.717, 1.165) is 12.1 Å². The summed E-state index contributed by atoms with van der Waals surface area (Å²) in [7, 11) is 0. The zero-order valence-electron chi connectivity index (χ0n) is 8.95. The molecule has 0 aliphatic heterocycles. The van der Waals surface area contributed by atoms with Gasteiger partial charge in [-0.25, -0.2) is 9.37 Å². The predicted octanol–water partition coefficient (Wildman–Crippen LogP) is 3.27. The average Bonchev–Trinajstić information content (AvgIpc) is 2.34. The van der Waals surface area contributed by atoms with E-state index < -0.39 is 17.7 Å². The van der Waals surface area contributed by atoms with Crippen molar-refractivity contribution in [1.82, 2.24) is 4.98 Å². The van der Waals surface area contributed by atoms with Gasteiger partial charge in [0.05, 0.1) is 5.02 Å². The highest BCUT2D eigenvalue weighted by atomic mass is 35.5. The van der Waals surface area contributed by atoms with E-state index in [1.807, 2.05) is 0 Å². The summed E-state index contributed by atoms with van der Waals surface area (Å²) in [6.07, 6.45) is 0. The van der Waals surface area contributed by atoms with Crippen LogP contribution in [0.3, 0.4) is 0 Å². The minimum atomic E-state index is -0.759. The maximum atomic E-state index is 13.1. The molecule has 0 aliphatic carbocycles. The first-order valence-electron chi connectivity index (χ1n) is 4.95. The maximum Gasteiger partial charge on any atom is 0.274 e. The van der Waals surface area contributed by atoms with Crippen LogP contribution in [0.2, 0.25) is 5.02 Å². The van der Waals surface area contributed by atoms with Gasteiger partial charge >= 0.3 is 0 Å². The second-order valence-electron chi connectivity index (χ2n) is 3.43. The summed E-state index contributed by atoms with van der Waals surface area (Å²) in [6.45, 7) is 0. The fourth-order valence-electron chi connectivity index (χ4n) is 1.30. The molecule has 1 aromatic carbocycles. The second kappa shape index (κ2) is 5.10. The molecule has 0 unspecified atom stereocenters. The number of nitrogens with one attached hydrogen (secondary N) is 1. The first-order chi connectivity index (χ1) is 8.56. The van der Waals surface area contributed by atoms with Crippen molar-refractivity contribution in [2.45, 2.75) is 0 Å². The highest BCUT2D eigenvalue weighted by Crippen LogP contribution is 2.19. The first-order valence-corrected chi connectivity index (χ1v) is 5.33. The summed E-state index contributed by atoms with van der Waals surface area (Å²) in [6, 6.07) is 7.65. The van der Waals surface area contributed by atoms with E-state index in [0.29, 0.717) is 0 Å². The Bertz CT molecular complexity index is 604. The number of carbonyl (C=O) groups is 1. The van der Waals surface area contributed by atoms with Crippen LogP contribution in [0.5, 0.6) is 0 Å². The van der Waals surface area contributed by atoms with Crippen LogP contribution < -0.4 is 5.32 Å². The number of aromatic nitrogens is 1. The molecule has 0 radical (unpaired) electrons. The number of anilines is 1. The van der Waals surface area contributed by atoms with E-state index in [1.54, 1.807) is 0 Å². The lowest BCUT2D eigenvalue weighted by atomic mass is 10.3. The third-order valence-electron chi connectivity index (χ3n) is 2.13. The molecule has 1 heterocycles. The van der Waals surface area contributed by atoms with Crippen LogP contribution in [0, 0.1) is 11.8 Å². The molecule has 0 saturated carbocycles. The van der Waals surface area contributed by atoms with Gasteiger partial charge in [-0.3, -0.25) is 4.79 Å². The lowest BCUT2D eigenvalue weighted by Gasteiger charge is -2.05. The summed E-state index contributed by atoms with van der Waals surface area (Å²) >= 11 is 5.51. The summed E-state index contributed by atoms with van der Waals surface area (Å²) < 4.78 is 26.0. The van der Waals surface area contributed by atoms with Gasteiger partial charge in [-0.15, -0.1) is 0 Å². The van der Waals surface area contributed by atoms with E-state index in [-0.39, 0.29) is 16.4 Å². The minimum absolute atomic E-state index is 0.0446. The molecule has 0 spiro atoms. The second-order valence-corrected chi connectivity index (χ2v) is 3.84. The van der Waals surface area contributed by atoms with E-state index in [1.165, 1.54) is 24.3 Å². The fourth-order valence-corrected chi connectivity index (χ4v) is 1.42. The van der Waals surface area contributed by atoms with E-state index in [4.69, 9.17) is 11.6 Å². The first kappa shape index (κ1) is 12.4. The van der Waals surface area contributed by atoms with Gasteiger partial charge in [0.15, 0.2) is 0 Å². The normalized spacial score (nSPS) is 10.2. The molecule has 0 atom stereocenters.